The predicted molar refractivity (Wildman–Crippen MR) is 109 cm³/mol. The average Bonchev–Trinajstić information content (AvgIpc) is 2.72. The highest BCUT2D eigenvalue weighted by molar-refractivity contribution is 5.94. The van der Waals surface area contributed by atoms with Crippen LogP contribution in [-0.4, -0.2) is 46.1 Å². The zero-order valence-electron chi connectivity index (χ0n) is 16.8. The molecule has 0 aliphatic carbocycles. The SMILES string of the molecule is CCNC(=NCc1cc(OC)ccc1O)Nc1cc(OC)c(OC)c(OC)c1. The molecule has 2 aromatic rings. The van der Waals surface area contributed by atoms with E-state index in [1.165, 1.54) is 0 Å². The van der Waals surface area contributed by atoms with Crippen LogP contribution in [0.15, 0.2) is 35.3 Å². The molecule has 0 unspecified atom stereocenters. The third-order valence-electron chi connectivity index (χ3n) is 3.97. The maximum Gasteiger partial charge on any atom is 0.203 e. The Balaban J connectivity index is 2.28. The third-order valence-corrected chi connectivity index (χ3v) is 3.97. The van der Waals surface area contributed by atoms with Gasteiger partial charge < -0.3 is 34.7 Å². The fourth-order valence-corrected chi connectivity index (χ4v) is 2.58. The van der Waals surface area contributed by atoms with Gasteiger partial charge in [0.2, 0.25) is 5.75 Å². The molecule has 3 N–H and O–H groups in total. The van der Waals surface area contributed by atoms with Crippen molar-refractivity contribution >= 4 is 11.6 Å². The normalized spacial score (nSPS) is 11.0. The lowest BCUT2D eigenvalue weighted by atomic mass is 10.2. The molecule has 0 atom stereocenters. The van der Waals surface area contributed by atoms with E-state index in [0.717, 1.165) is 0 Å². The molecule has 2 rings (SSSR count). The zero-order valence-corrected chi connectivity index (χ0v) is 16.8. The van der Waals surface area contributed by atoms with Gasteiger partial charge in [0.05, 0.1) is 35.0 Å². The van der Waals surface area contributed by atoms with Gasteiger partial charge in [0.15, 0.2) is 17.5 Å². The molecule has 0 heterocycles. The smallest absolute Gasteiger partial charge is 0.203 e. The largest absolute Gasteiger partial charge is 0.508 e. The van der Waals surface area contributed by atoms with Crippen molar-refractivity contribution in [2.24, 2.45) is 4.99 Å². The molecule has 0 radical (unpaired) electrons. The number of hydrogen-bond acceptors (Lipinski definition) is 6. The molecule has 0 saturated carbocycles. The summed E-state index contributed by atoms with van der Waals surface area (Å²) in [6.45, 7) is 2.90. The molecule has 0 bridgehead atoms. The summed E-state index contributed by atoms with van der Waals surface area (Å²) >= 11 is 0. The van der Waals surface area contributed by atoms with Crippen molar-refractivity contribution in [3.05, 3.63) is 35.9 Å². The number of rotatable bonds is 8. The number of methoxy groups -OCH3 is 4. The number of aliphatic imine (C=N–C) groups is 1. The van der Waals surface area contributed by atoms with Gasteiger partial charge in [-0.05, 0) is 25.1 Å². The van der Waals surface area contributed by atoms with Crippen LogP contribution >= 0.6 is 0 Å². The van der Waals surface area contributed by atoms with E-state index in [-0.39, 0.29) is 12.3 Å². The molecule has 0 aliphatic rings. The summed E-state index contributed by atoms with van der Waals surface area (Å²) in [6.07, 6.45) is 0. The first-order chi connectivity index (χ1) is 13.6. The molecule has 28 heavy (non-hydrogen) atoms. The quantitative estimate of drug-likeness (QED) is 0.472. The highest BCUT2D eigenvalue weighted by Crippen LogP contribution is 2.39. The average molecular weight is 389 g/mol. The van der Waals surface area contributed by atoms with Gasteiger partial charge in [-0.25, -0.2) is 4.99 Å². The summed E-state index contributed by atoms with van der Waals surface area (Å²) in [5.41, 5.74) is 1.37. The minimum absolute atomic E-state index is 0.160. The molecule has 0 saturated heterocycles. The fraction of sp³-hybridized carbons (Fsp3) is 0.350. The summed E-state index contributed by atoms with van der Waals surface area (Å²) < 4.78 is 21.3. The first kappa shape index (κ1) is 21.0. The molecule has 0 spiro atoms. The van der Waals surface area contributed by atoms with Crippen LogP contribution in [0.4, 0.5) is 5.69 Å². The third kappa shape index (κ3) is 5.12. The second-order valence-electron chi connectivity index (χ2n) is 5.73. The van der Waals surface area contributed by atoms with E-state index in [0.29, 0.717) is 46.8 Å². The first-order valence-electron chi connectivity index (χ1n) is 8.77. The number of aromatic hydroxyl groups is 1. The fourth-order valence-electron chi connectivity index (χ4n) is 2.58. The number of phenolic OH excluding ortho intramolecular Hbond substituents is 1. The van der Waals surface area contributed by atoms with Gasteiger partial charge in [0, 0.05) is 29.9 Å². The Morgan fingerprint density at radius 2 is 1.64 bits per heavy atom. The predicted octanol–water partition coefficient (Wildman–Crippen LogP) is 3.00. The molecule has 8 nitrogen and oxygen atoms in total. The van der Waals surface area contributed by atoms with Crippen molar-refractivity contribution in [3.63, 3.8) is 0 Å². The molecule has 0 amide bonds. The highest BCUT2D eigenvalue weighted by Gasteiger charge is 2.14. The van der Waals surface area contributed by atoms with E-state index < -0.39 is 0 Å². The Morgan fingerprint density at radius 3 is 2.18 bits per heavy atom. The topological polar surface area (TPSA) is 93.6 Å². The van der Waals surface area contributed by atoms with Gasteiger partial charge in [-0.1, -0.05) is 0 Å². The maximum absolute atomic E-state index is 10.0. The number of phenols is 1. The number of benzene rings is 2. The molecular weight excluding hydrogens is 362 g/mol. The second kappa shape index (κ2) is 10.1. The highest BCUT2D eigenvalue weighted by atomic mass is 16.5. The maximum atomic E-state index is 10.0. The Labute approximate surface area is 165 Å². The van der Waals surface area contributed by atoms with Crippen molar-refractivity contribution in [3.8, 4) is 28.7 Å². The van der Waals surface area contributed by atoms with Gasteiger partial charge in [-0.2, -0.15) is 0 Å². The van der Waals surface area contributed by atoms with Crippen molar-refractivity contribution in [2.75, 3.05) is 40.3 Å². The number of ether oxygens (including phenoxy) is 4. The standard InChI is InChI=1S/C20H27N3O5/c1-6-21-20(22-12-13-9-15(25-2)7-8-16(13)24)23-14-10-17(26-3)19(28-5)18(11-14)27-4/h7-11,24H,6,12H2,1-5H3,(H2,21,22,23). The monoisotopic (exact) mass is 389 g/mol. The lowest BCUT2D eigenvalue weighted by Gasteiger charge is -2.16. The Kier molecular flexibility index (Phi) is 7.62. The van der Waals surface area contributed by atoms with Crippen LogP contribution in [0.1, 0.15) is 12.5 Å². The van der Waals surface area contributed by atoms with Crippen LogP contribution in [0.2, 0.25) is 0 Å². The molecule has 8 heteroatoms. The summed E-state index contributed by atoms with van der Waals surface area (Å²) in [5, 5.41) is 16.4. The second-order valence-corrected chi connectivity index (χ2v) is 5.73. The molecule has 0 aromatic heterocycles. The molecule has 2 aromatic carbocycles. The minimum Gasteiger partial charge on any atom is -0.508 e. The molecular formula is C20H27N3O5. The van der Waals surface area contributed by atoms with Crippen molar-refractivity contribution in [2.45, 2.75) is 13.5 Å². The minimum atomic E-state index is 0.160. The van der Waals surface area contributed by atoms with Gasteiger partial charge in [-0.15, -0.1) is 0 Å². The lowest BCUT2D eigenvalue weighted by Crippen LogP contribution is -2.30. The van der Waals surface area contributed by atoms with Crippen molar-refractivity contribution in [1.82, 2.24) is 5.32 Å². The number of nitrogens with zero attached hydrogens (tertiary/aromatic N) is 1. The lowest BCUT2D eigenvalue weighted by molar-refractivity contribution is 0.324. The summed E-state index contributed by atoms with van der Waals surface area (Å²) in [5.74, 6) is 2.94. The summed E-state index contributed by atoms with van der Waals surface area (Å²) in [6, 6.07) is 8.61. The molecule has 0 fully saturated rings. The summed E-state index contributed by atoms with van der Waals surface area (Å²) in [4.78, 5) is 4.53. The number of anilines is 1. The number of hydrogen-bond donors (Lipinski definition) is 3. The first-order valence-corrected chi connectivity index (χ1v) is 8.77. The van der Waals surface area contributed by atoms with Crippen LogP contribution in [0.5, 0.6) is 28.7 Å². The number of nitrogens with one attached hydrogen (secondary N) is 2. The van der Waals surface area contributed by atoms with Crippen LogP contribution in [0, 0.1) is 0 Å². The van der Waals surface area contributed by atoms with Crippen molar-refractivity contribution < 1.29 is 24.1 Å². The zero-order chi connectivity index (χ0) is 20.5. The van der Waals surface area contributed by atoms with Crippen LogP contribution < -0.4 is 29.6 Å². The van der Waals surface area contributed by atoms with Crippen LogP contribution in [-0.2, 0) is 6.54 Å². The van der Waals surface area contributed by atoms with Crippen LogP contribution in [0.3, 0.4) is 0 Å². The molecule has 0 aliphatic heterocycles. The Bertz CT molecular complexity index is 798. The van der Waals surface area contributed by atoms with E-state index in [1.54, 1.807) is 58.8 Å². The van der Waals surface area contributed by atoms with E-state index in [9.17, 15) is 5.11 Å². The van der Waals surface area contributed by atoms with Gasteiger partial charge in [-0.3, -0.25) is 0 Å². The molecule has 152 valence electrons. The van der Waals surface area contributed by atoms with Gasteiger partial charge in [0.1, 0.15) is 11.5 Å². The van der Waals surface area contributed by atoms with E-state index in [4.69, 9.17) is 18.9 Å². The van der Waals surface area contributed by atoms with Crippen molar-refractivity contribution in [1.29, 1.82) is 0 Å². The number of guanidine groups is 1. The Morgan fingerprint density at radius 1 is 0.964 bits per heavy atom. The van der Waals surface area contributed by atoms with E-state index in [1.807, 2.05) is 6.92 Å². The van der Waals surface area contributed by atoms with Crippen LogP contribution in [0.25, 0.3) is 0 Å². The van der Waals surface area contributed by atoms with E-state index in [2.05, 4.69) is 15.6 Å². The summed E-state index contributed by atoms with van der Waals surface area (Å²) in [7, 11) is 6.26. The Hall–Kier alpha value is -3.29. The van der Waals surface area contributed by atoms with E-state index >= 15 is 0 Å². The van der Waals surface area contributed by atoms with Gasteiger partial charge in [0.25, 0.3) is 0 Å². The van der Waals surface area contributed by atoms with Gasteiger partial charge >= 0.3 is 0 Å².